The number of rotatable bonds is 16. The number of hydrogen-bond donors (Lipinski definition) is 4. The number of Topliss-reactive ketones (excluding diaryl/α,β-unsaturated/α-hetero) is 2. The van der Waals surface area contributed by atoms with E-state index < -0.39 is 27.5 Å². The van der Waals surface area contributed by atoms with Gasteiger partial charge in [-0.3, -0.25) is 14.3 Å². The molecule has 6 rings (SSSR count). The summed E-state index contributed by atoms with van der Waals surface area (Å²) in [6.45, 7) is 3.12. The molecule has 0 unspecified atom stereocenters. The van der Waals surface area contributed by atoms with Gasteiger partial charge < -0.3 is 25.8 Å². The number of ketones is 2. The number of aromatic nitrogens is 4. The van der Waals surface area contributed by atoms with E-state index in [-0.39, 0.29) is 59.0 Å². The molecule has 0 spiro atoms. The quantitative estimate of drug-likeness (QED) is 0.0333. The monoisotopic (exact) mass is 858 g/mol. The van der Waals surface area contributed by atoms with Crippen molar-refractivity contribution in [1.29, 1.82) is 0 Å². The molecular formula is C37H38Cl4N10O4S. The summed E-state index contributed by atoms with van der Waals surface area (Å²) in [7, 11) is 3.90. The Kier molecular flexibility index (Phi) is 12.8. The van der Waals surface area contributed by atoms with Crippen LogP contribution in [0.25, 0.3) is 10.9 Å². The van der Waals surface area contributed by atoms with Crippen LogP contribution in [0.3, 0.4) is 0 Å². The molecule has 0 radical (unpaired) electrons. The van der Waals surface area contributed by atoms with Gasteiger partial charge in [-0.2, -0.15) is 15.0 Å². The lowest BCUT2D eigenvalue weighted by Crippen LogP contribution is -2.19. The number of halogens is 4. The van der Waals surface area contributed by atoms with Gasteiger partial charge in [-0.25, -0.2) is 13.4 Å². The normalized spacial score (nSPS) is 13.2. The highest BCUT2D eigenvalue weighted by atomic mass is 35.5. The lowest BCUT2D eigenvalue weighted by molar-refractivity contribution is 0.0888. The minimum atomic E-state index is -4.15. The van der Waals surface area contributed by atoms with Crippen molar-refractivity contribution in [2.24, 2.45) is 0 Å². The number of para-hydroxylation sites is 1. The molecule has 19 heteroatoms. The standard InChI is InChI=1S/C37H38Cl4N10O4S/c1-50(2)18-6-16-42-35-46-36(43-17-7-19-51(3)4)48-37(47-35)44-21-11-13-22(14-12-21)56(54,55)49-24-9-5-8-20-10-15-23(45-32(20)24)25-33(52)26-27(34(25)53)29(39)31(41)30(40)28(26)38/h5,8-15,25,49H,6-7,16-19H2,1-4H3,(H3,42,43,44,46,47,48). The van der Waals surface area contributed by atoms with Gasteiger partial charge in [0.05, 0.1) is 53.0 Å². The fourth-order valence-corrected chi connectivity index (χ4v) is 8.11. The van der Waals surface area contributed by atoms with Gasteiger partial charge in [0.2, 0.25) is 17.8 Å². The van der Waals surface area contributed by atoms with Gasteiger partial charge >= 0.3 is 0 Å². The third kappa shape index (κ3) is 9.10. The van der Waals surface area contributed by atoms with E-state index in [2.05, 4.69) is 50.4 Å². The van der Waals surface area contributed by atoms with Gasteiger partial charge in [0, 0.05) is 24.2 Å². The highest BCUT2D eigenvalue weighted by Crippen LogP contribution is 2.48. The molecule has 0 bridgehead atoms. The molecule has 4 N–H and O–H groups in total. The van der Waals surface area contributed by atoms with Crippen molar-refractivity contribution in [1.82, 2.24) is 29.7 Å². The van der Waals surface area contributed by atoms with Crippen molar-refractivity contribution >= 4 is 108 Å². The maximum absolute atomic E-state index is 13.7. The molecule has 0 aliphatic heterocycles. The number of hydrogen-bond acceptors (Lipinski definition) is 13. The van der Waals surface area contributed by atoms with Crippen LogP contribution in [0, 0.1) is 0 Å². The van der Waals surface area contributed by atoms with Gasteiger partial charge in [-0.1, -0.05) is 64.6 Å². The summed E-state index contributed by atoms with van der Waals surface area (Å²) in [5.74, 6) is -1.61. The number of carbonyl (C=O) groups is 2. The number of carbonyl (C=O) groups excluding carboxylic acids is 2. The van der Waals surface area contributed by atoms with Crippen LogP contribution in [-0.2, 0) is 10.0 Å². The second-order valence-corrected chi connectivity index (χ2v) is 16.7. The van der Waals surface area contributed by atoms with Crippen LogP contribution in [0.15, 0.2) is 59.5 Å². The van der Waals surface area contributed by atoms with Gasteiger partial charge in [0.1, 0.15) is 5.92 Å². The summed E-state index contributed by atoms with van der Waals surface area (Å²) < 4.78 is 30.0. The fourth-order valence-electron chi connectivity index (χ4n) is 6.01. The fraction of sp³-hybridized carbons (Fsp3) is 0.297. The summed E-state index contributed by atoms with van der Waals surface area (Å²) in [6, 6.07) is 14.1. The van der Waals surface area contributed by atoms with E-state index in [1.165, 1.54) is 24.3 Å². The Hall–Kier alpha value is -4.35. The van der Waals surface area contributed by atoms with Crippen LogP contribution in [0.1, 0.15) is 45.2 Å². The Morgan fingerprint density at radius 3 is 1.73 bits per heavy atom. The first-order valence-corrected chi connectivity index (χ1v) is 20.4. The summed E-state index contributed by atoms with van der Waals surface area (Å²) in [5.41, 5.74) is 0.687. The highest BCUT2D eigenvalue weighted by Gasteiger charge is 2.45. The summed E-state index contributed by atoms with van der Waals surface area (Å²) >= 11 is 25.0. The largest absolute Gasteiger partial charge is 0.354 e. The van der Waals surface area contributed by atoms with Gasteiger partial charge in [-0.05, 0) is 90.5 Å². The van der Waals surface area contributed by atoms with E-state index >= 15 is 0 Å². The highest BCUT2D eigenvalue weighted by molar-refractivity contribution is 7.92. The molecule has 3 aromatic carbocycles. The van der Waals surface area contributed by atoms with Gasteiger partial charge in [0.25, 0.3) is 10.0 Å². The molecule has 0 amide bonds. The minimum absolute atomic E-state index is 0.0343. The molecular weight excluding hydrogens is 822 g/mol. The zero-order valence-electron chi connectivity index (χ0n) is 30.8. The summed E-state index contributed by atoms with van der Waals surface area (Å²) in [4.78, 5) is 49.4. The Morgan fingerprint density at radius 1 is 0.661 bits per heavy atom. The Balaban J connectivity index is 1.21. The number of nitrogens with one attached hydrogen (secondary N) is 4. The van der Waals surface area contributed by atoms with E-state index in [9.17, 15) is 18.0 Å². The lowest BCUT2D eigenvalue weighted by Gasteiger charge is -2.14. The average molecular weight is 861 g/mol. The van der Waals surface area contributed by atoms with Gasteiger partial charge in [-0.15, -0.1) is 0 Å². The maximum atomic E-state index is 13.7. The van der Waals surface area contributed by atoms with Crippen molar-refractivity contribution in [2.75, 3.05) is 75.0 Å². The van der Waals surface area contributed by atoms with Crippen LogP contribution in [-0.4, -0.2) is 104 Å². The Bertz CT molecular complexity index is 2340. The molecule has 5 aromatic rings. The van der Waals surface area contributed by atoms with E-state index in [1.54, 1.807) is 30.3 Å². The van der Waals surface area contributed by atoms with E-state index in [4.69, 9.17) is 46.4 Å². The second kappa shape index (κ2) is 17.4. The first-order valence-electron chi connectivity index (χ1n) is 17.4. The molecule has 2 aromatic heterocycles. The van der Waals surface area contributed by atoms with Crippen LogP contribution < -0.4 is 20.7 Å². The number of anilines is 5. The van der Waals surface area contributed by atoms with Crippen LogP contribution >= 0.6 is 46.4 Å². The Morgan fingerprint density at radius 2 is 1.20 bits per heavy atom. The molecule has 2 heterocycles. The van der Waals surface area contributed by atoms with Gasteiger partial charge in [0.15, 0.2) is 11.6 Å². The first kappa shape index (κ1) is 41.3. The average Bonchev–Trinajstić information content (AvgIpc) is 3.42. The molecule has 0 fully saturated rings. The maximum Gasteiger partial charge on any atom is 0.261 e. The predicted molar refractivity (Wildman–Crippen MR) is 223 cm³/mol. The second-order valence-electron chi connectivity index (χ2n) is 13.5. The van der Waals surface area contributed by atoms with E-state index in [0.29, 0.717) is 36.1 Å². The molecule has 1 aliphatic carbocycles. The SMILES string of the molecule is CN(C)CCCNc1nc(NCCCN(C)C)nc(Nc2ccc(S(=O)(=O)Nc3cccc4ccc(C5C(=O)c6c(Cl)c(Cl)c(Cl)c(Cl)c6C5=O)nc34)cc2)n1. The topological polar surface area (TPSA) is 174 Å². The molecule has 294 valence electrons. The number of sulfonamides is 1. The number of fused-ring (bicyclic) bond motifs is 2. The molecule has 14 nitrogen and oxygen atoms in total. The van der Waals surface area contributed by atoms with Crippen LogP contribution in [0.5, 0.6) is 0 Å². The molecule has 0 saturated heterocycles. The molecule has 0 saturated carbocycles. The van der Waals surface area contributed by atoms with Crippen molar-refractivity contribution < 1.29 is 18.0 Å². The zero-order valence-corrected chi connectivity index (χ0v) is 34.6. The van der Waals surface area contributed by atoms with E-state index in [1.807, 2.05) is 28.2 Å². The number of nitrogens with zero attached hydrogens (tertiary/aromatic N) is 6. The smallest absolute Gasteiger partial charge is 0.261 e. The third-order valence-electron chi connectivity index (χ3n) is 8.75. The first-order chi connectivity index (χ1) is 26.6. The molecule has 56 heavy (non-hydrogen) atoms. The van der Waals surface area contributed by atoms with E-state index in [0.717, 1.165) is 25.9 Å². The van der Waals surface area contributed by atoms with Crippen molar-refractivity contribution in [3.63, 3.8) is 0 Å². The summed E-state index contributed by atoms with van der Waals surface area (Å²) in [5, 5.41) is 9.57. The minimum Gasteiger partial charge on any atom is -0.354 e. The predicted octanol–water partition coefficient (Wildman–Crippen LogP) is 7.47. The summed E-state index contributed by atoms with van der Waals surface area (Å²) in [6.07, 6.45) is 1.77. The van der Waals surface area contributed by atoms with Crippen molar-refractivity contribution in [3.05, 3.63) is 91.5 Å². The third-order valence-corrected chi connectivity index (χ3v) is 11.9. The zero-order chi connectivity index (χ0) is 40.3. The van der Waals surface area contributed by atoms with Crippen LogP contribution in [0.4, 0.5) is 29.2 Å². The van der Waals surface area contributed by atoms with Crippen molar-refractivity contribution in [2.45, 2.75) is 23.7 Å². The number of pyridine rings is 1. The Labute approximate surface area is 344 Å². The van der Waals surface area contributed by atoms with Crippen LogP contribution in [0.2, 0.25) is 20.1 Å². The lowest BCUT2D eigenvalue weighted by atomic mass is 9.98. The molecule has 0 atom stereocenters. The van der Waals surface area contributed by atoms with Crippen molar-refractivity contribution in [3.8, 4) is 0 Å². The molecule has 1 aliphatic rings. The number of benzene rings is 3.